The van der Waals surface area contributed by atoms with Gasteiger partial charge in [0.2, 0.25) is 0 Å². The SMILES string of the molecule is O=C(O)C1(CNc2ccncn2)CC1. The molecule has 0 atom stereocenters. The Morgan fingerprint density at radius 2 is 2.43 bits per heavy atom. The van der Waals surface area contributed by atoms with Crippen LogP contribution in [0.3, 0.4) is 0 Å². The smallest absolute Gasteiger partial charge is 0.311 e. The van der Waals surface area contributed by atoms with Crippen LogP contribution in [0.4, 0.5) is 5.82 Å². The number of rotatable bonds is 4. The van der Waals surface area contributed by atoms with Gasteiger partial charge in [-0.15, -0.1) is 0 Å². The third kappa shape index (κ3) is 1.66. The summed E-state index contributed by atoms with van der Waals surface area (Å²) in [6.07, 6.45) is 4.55. The zero-order valence-electron chi connectivity index (χ0n) is 7.60. The highest BCUT2D eigenvalue weighted by Crippen LogP contribution is 2.45. The Kier molecular flexibility index (Phi) is 2.07. The van der Waals surface area contributed by atoms with Gasteiger partial charge in [-0.1, -0.05) is 0 Å². The van der Waals surface area contributed by atoms with Gasteiger partial charge < -0.3 is 10.4 Å². The van der Waals surface area contributed by atoms with Crippen molar-refractivity contribution in [2.75, 3.05) is 11.9 Å². The summed E-state index contributed by atoms with van der Waals surface area (Å²) in [5.74, 6) is -0.0495. The van der Waals surface area contributed by atoms with E-state index in [0.717, 1.165) is 12.8 Å². The molecular formula is C9H11N3O2. The normalized spacial score (nSPS) is 17.4. The molecule has 0 saturated heterocycles. The maximum atomic E-state index is 10.8. The van der Waals surface area contributed by atoms with Gasteiger partial charge in [0.25, 0.3) is 0 Å². The molecule has 1 aromatic rings. The molecule has 1 aliphatic rings. The van der Waals surface area contributed by atoms with Crippen molar-refractivity contribution >= 4 is 11.8 Å². The van der Waals surface area contributed by atoms with Crippen molar-refractivity contribution in [3.63, 3.8) is 0 Å². The van der Waals surface area contributed by atoms with Crippen LogP contribution in [0.5, 0.6) is 0 Å². The van der Waals surface area contributed by atoms with Crippen molar-refractivity contribution in [1.82, 2.24) is 9.97 Å². The van der Waals surface area contributed by atoms with E-state index in [9.17, 15) is 4.79 Å². The van der Waals surface area contributed by atoms with Gasteiger partial charge in [-0.3, -0.25) is 4.79 Å². The number of carbonyl (C=O) groups is 1. The van der Waals surface area contributed by atoms with Crippen LogP contribution >= 0.6 is 0 Å². The van der Waals surface area contributed by atoms with Crippen molar-refractivity contribution in [2.24, 2.45) is 5.41 Å². The maximum absolute atomic E-state index is 10.8. The highest BCUT2D eigenvalue weighted by Gasteiger charge is 2.50. The number of carboxylic acids is 1. The van der Waals surface area contributed by atoms with Crippen LogP contribution in [0.15, 0.2) is 18.6 Å². The molecule has 1 aromatic heterocycles. The molecule has 0 bridgehead atoms. The summed E-state index contributed by atoms with van der Waals surface area (Å²) < 4.78 is 0. The van der Waals surface area contributed by atoms with Crippen LogP contribution in [-0.2, 0) is 4.79 Å². The first-order valence-electron chi connectivity index (χ1n) is 4.46. The van der Waals surface area contributed by atoms with Gasteiger partial charge >= 0.3 is 5.97 Å². The number of hydrogen-bond donors (Lipinski definition) is 2. The number of carboxylic acid groups (broad SMARTS) is 1. The Hall–Kier alpha value is -1.65. The quantitative estimate of drug-likeness (QED) is 0.738. The van der Waals surface area contributed by atoms with Crippen molar-refractivity contribution in [3.8, 4) is 0 Å². The van der Waals surface area contributed by atoms with E-state index in [2.05, 4.69) is 15.3 Å². The second-order valence-corrected chi connectivity index (χ2v) is 3.53. The van der Waals surface area contributed by atoms with Crippen molar-refractivity contribution < 1.29 is 9.90 Å². The Morgan fingerprint density at radius 1 is 1.64 bits per heavy atom. The number of anilines is 1. The minimum absolute atomic E-state index is 0.444. The number of hydrogen-bond acceptors (Lipinski definition) is 4. The fraction of sp³-hybridized carbons (Fsp3) is 0.444. The van der Waals surface area contributed by atoms with Crippen LogP contribution in [0.1, 0.15) is 12.8 Å². The molecule has 0 unspecified atom stereocenters. The lowest BCUT2D eigenvalue weighted by atomic mass is 10.1. The summed E-state index contributed by atoms with van der Waals surface area (Å²) >= 11 is 0. The van der Waals surface area contributed by atoms with Crippen molar-refractivity contribution in [2.45, 2.75) is 12.8 Å². The Labute approximate surface area is 81.2 Å². The van der Waals surface area contributed by atoms with E-state index in [1.807, 2.05) is 0 Å². The molecule has 0 aliphatic heterocycles. The average molecular weight is 193 g/mol. The molecule has 1 saturated carbocycles. The van der Waals surface area contributed by atoms with Crippen LogP contribution in [0.25, 0.3) is 0 Å². The number of aromatic nitrogens is 2. The highest BCUT2D eigenvalue weighted by atomic mass is 16.4. The summed E-state index contributed by atoms with van der Waals surface area (Å²) in [5.41, 5.74) is -0.551. The third-order valence-electron chi connectivity index (χ3n) is 2.50. The second kappa shape index (κ2) is 3.25. The molecule has 2 N–H and O–H groups in total. The molecule has 0 spiro atoms. The molecule has 5 nitrogen and oxygen atoms in total. The number of aliphatic carboxylic acids is 1. The van der Waals surface area contributed by atoms with Crippen LogP contribution < -0.4 is 5.32 Å². The van der Waals surface area contributed by atoms with Crippen LogP contribution in [0.2, 0.25) is 0 Å². The lowest BCUT2D eigenvalue weighted by molar-refractivity contribution is -0.142. The maximum Gasteiger partial charge on any atom is 0.311 e. The van der Waals surface area contributed by atoms with Gasteiger partial charge in [-0.05, 0) is 18.9 Å². The minimum Gasteiger partial charge on any atom is -0.481 e. The van der Waals surface area contributed by atoms with Gasteiger partial charge in [-0.25, -0.2) is 9.97 Å². The summed E-state index contributed by atoms with van der Waals surface area (Å²) in [7, 11) is 0. The molecule has 2 rings (SSSR count). The minimum atomic E-state index is -0.723. The molecule has 0 aromatic carbocycles. The summed E-state index contributed by atoms with van der Waals surface area (Å²) in [6.45, 7) is 0.444. The van der Waals surface area contributed by atoms with Crippen molar-refractivity contribution in [1.29, 1.82) is 0 Å². The molecule has 1 aliphatic carbocycles. The summed E-state index contributed by atoms with van der Waals surface area (Å²) in [6, 6.07) is 1.72. The Bertz CT molecular complexity index is 335. The third-order valence-corrected chi connectivity index (χ3v) is 2.50. The Balaban J connectivity index is 1.92. The number of nitrogens with zero attached hydrogens (tertiary/aromatic N) is 2. The average Bonchev–Trinajstić information content (AvgIpc) is 2.97. The lowest BCUT2D eigenvalue weighted by Crippen LogP contribution is -2.24. The molecule has 0 amide bonds. The molecular weight excluding hydrogens is 182 g/mol. The Morgan fingerprint density at radius 3 is 2.93 bits per heavy atom. The van der Waals surface area contributed by atoms with E-state index in [1.54, 1.807) is 12.3 Å². The first-order valence-corrected chi connectivity index (χ1v) is 4.46. The first kappa shape index (κ1) is 8.93. The monoisotopic (exact) mass is 193 g/mol. The van der Waals surface area contributed by atoms with Crippen LogP contribution in [-0.4, -0.2) is 27.6 Å². The standard InChI is InChI=1S/C9H11N3O2/c13-8(14)9(2-3-9)5-11-7-1-4-10-6-12-7/h1,4,6H,2-3,5H2,(H,13,14)(H,10,11,12). The zero-order chi connectivity index (χ0) is 10.0. The molecule has 1 fully saturated rings. The first-order chi connectivity index (χ1) is 6.73. The summed E-state index contributed by atoms with van der Waals surface area (Å²) in [4.78, 5) is 18.6. The highest BCUT2D eigenvalue weighted by molar-refractivity contribution is 5.78. The van der Waals surface area contributed by atoms with E-state index < -0.39 is 11.4 Å². The second-order valence-electron chi connectivity index (χ2n) is 3.53. The largest absolute Gasteiger partial charge is 0.481 e. The summed E-state index contributed by atoms with van der Waals surface area (Å²) in [5, 5.41) is 11.9. The molecule has 74 valence electrons. The zero-order valence-corrected chi connectivity index (χ0v) is 7.60. The number of nitrogens with one attached hydrogen (secondary N) is 1. The fourth-order valence-electron chi connectivity index (χ4n) is 1.27. The fourth-order valence-corrected chi connectivity index (χ4v) is 1.27. The molecule has 1 heterocycles. The van der Waals surface area contributed by atoms with Gasteiger partial charge in [-0.2, -0.15) is 0 Å². The van der Waals surface area contributed by atoms with E-state index >= 15 is 0 Å². The molecule has 5 heteroatoms. The van der Waals surface area contributed by atoms with E-state index in [1.165, 1.54) is 6.33 Å². The van der Waals surface area contributed by atoms with Gasteiger partial charge in [0, 0.05) is 12.7 Å². The molecule has 0 radical (unpaired) electrons. The predicted octanol–water partition coefficient (Wildman–Crippen LogP) is 0.753. The van der Waals surface area contributed by atoms with E-state index in [4.69, 9.17) is 5.11 Å². The van der Waals surface area contributed by atoms with Crippen molar-refractivity contribution in [3.05, 3.63) is 18.6 Å². The van der Waals surface area contributed by atoms with Gasteiger partial charge in [0.05, 0.1) is 5.41 Å². The predicted molar refractivity (Wildman–Crippen MR) is 49.8 cm³/mol. The topological polar surface area (TPSA) is 75.1 Å². The molecule has 14 heavy (non-hydrogen) atoms. The van der Waals surface area contributed by atoms with Gasteiger partial charge in [0.15, 0.2) is 0 Å². The van der Waals surface area contributed by atoms with E-state index in [0.29, 0.717) is 12.4 Å². The lowest BCUT2D eigenvalue weighted by Gasteiger charge is -2.10. The van der Waals surface area contributed by atoms with Crippen LogP contribution in [0, 0.1) is 5.41 Å². The van der Waals surface area contributed by atoms with E-state index in [-0.39, 0.29) is 0 Å². The van der Waals surface area contributed by atoms with Gasteiger partial charge in [0.1, 0.15) is 12.1 Å².